The number of nitrogens with one attached hydrogen (secondary N) is 1. The van der Waals surface area contributed by atoms with Gasteiger partial charge in [0, 0.05) is 0 Å². The van der Waals surface area contributed by atoms with Crippen LogP contribution in [0.1, 0.15) is 159 Å². The Morgan fingerprint density at radius 2 is 1.03 bits per heavy atom. The number of imide groups is 1. The second kappa shape index (κ2) is 33.8. The van der Waals surface area contributed by atoms with Gasteiger partial charge < -0.3 is 15.2 Å². The molecule has 2 rings (SSSR count). The minimum Gasteiger partial charge on any atom is -0.445 e. The average Bonchev–Trinajstić information content (AvgIpc) is 3.18. The molecule has 0 radical (unpaired) electrons. The van der Waals surface area contributed by atoms with Gasteiger partial charge in [-0.05, 0) is 152 Å². The molecule has 3 amide bonds. The van der Waals surface area contributed by atoms with Crippen LogP contribution < -0.4 is 5.32 Å². The largest absolute Gasteiger partial charge is 0.445 e. The van der Waals surface area contributed by atoms with Crippen molar-refractivity contribution in [1.29, 1.82) is 0 Å². The lowest BCUT2D eigenvalue weighted by molar-refractivity contribution is -0.135. The predicted octanol–water partition coefficient (Wildman–Crippen LogP) is 12.4. The minimum absolute atomic E-state index is 0.0165. The highest BCUT2D eigenvalue weighted by atomic mass is 19.1. The van der Waals surface area contributed by atoms with Crippen molar-refractivity contribution in [3.8, 4) is 0 Å². The van der Waals surface area contributed by atoms with Crippen molar-refractivity contribution in [2.75, 3.05) is 19.8 Å². The maximum atomic E-state index is 13.3. The first-order chi connectivity index (χ1) is 29.2. The van der Waals surface area contributed by atoms with Gasteiger partial charge in [0.1, 0.15) is 6.61 Å². The van der Waals surface area contributed by atoms with Crippen molar-refractivity contribution in [2.45, 2.75) is 165 Å². The Kier molecular flexibility index (Phi) is 31.2. The third-order valence-electron chi connectivity index (χ3n) is 9.84. The first-order valence-electron chi connectivity index (χ1n) is 21.9. The maximum absolute atomic E-state index is 13.3. The molecular weight excluding hydrogens is 791 g/mol. The Morgan fingerprint density at radius 1 is 0.645 bits per heavy atom. The number of rotatable bonds is 21. The molecule has 1 unspecified atom stereocenters. The van der Waals surface area contributed by atoms with Crippen molar-refractivity contribution in [2.24, 2.45) is 0 Å². The van der Waals surface area contributed by atoms with E-state index in [0.29, 0.717) is 11.1 Å². The summed E-state index contributed by atoms with van der Waals surface area (Å²) in [5.74, 6) is -3.83. The Balaban J connectivity index is 0.00000105. The van der Waals surface area contributed by atoms with Crippen LogP contribution in [0.15, 0.2) is 105 Å². The van der Waals surface area contributed by atoms with Crippen molar-refractivity contribution < 1.29 is 42.6 Å². The van der Waals surface area contributed by atoms with Gasteiger partial charge in [0.2, 0.25) is 17.6 Å². The quantitative estimate of drug-likeness (QED) is 0.0868. The molecule has 0 bridgehead atoms. The monoisotopic (exact) mass is 867 g/mol. The van der Waals surface area contributed by atoms with E-state index >= 15 is 0 Å². The number of hydrogen-bond donors (Lipinski definition) is 2. The molecule has 1 saturated heterocycles. The molecule has 0 aromatic heterocycles. The smallest absolute Gasteiger partial charge is 0.421 e. The summed E-state index contributed by atoms with van der Waals surface area (Å²) in [6.45, 7) is 21.4. The lowest BCUT2D eigenvalue weighted by atomic mass is 10.0. The van der Waals surface area contributed by atoms with Crippen LogP contribution in [-0.2, 0) is 23.9 Å². The first kappa shape index (κ1) is 57.2. The van der Waals surface area contributed by atoms with E-state index in [-0.39, 0.29) is 32.1 Å². The van der Waals surface area contributed by atoms with E-state index in [0.717, 1.165) is 76.2 Å². The number of carbonyl (C=O) groups is 5. The van der Waals surface area contributed by atoms with Gasteiger partial charge in [-0.2, -0.15) is 0 Å². The van der Waals surface area contributed by atoms with Gasteiger partial charge >= 0.3 is 6.09 Å². The Bertz CT molecular complexity index is 1750. The summed E-state index contributed by atoms with van der Waals surface area (Å²) >= 11 is 0. The lowest BCUT2D eigenvalue weighted by Crippen LogP contribution is -2.42. The molecule has 0 aliphatic carbocycles. The standard InChI is InChI=1S/C26H36FNO4.C20H34O.C5H6FNO2/c1-19(2)9-6-10-20(3)11-7-12-21(4)13-8-14-22(5)15-16-32-26(31)28-18-23(27)24(29)17-25(28)30;1-17(2)9-6-10-18(3)11-7-12-19(4)13-8-14-20(5)15-16-21;6-3-2-7-5(9)1-4(3)8/h9,11,13,15,18H,6-8,10,12,14,16-17H2,1-5H3;9,11,13,15,21H,6-8,10,12,14,16H2,1-5H3;3H,1-2H2,(H,7,9)/b20-11+,21-13+,22-15+;18-11+,19-13+,20-15+;. The van der Waals surface area contributed by atoms with Crippen LogP contribution in [0.3, 0.4) is 0 Å². The van der Waals surface area contributed by atoms with Crippen molar-refractivity contribution in [3.63, 3.8) is 0 Å². The third-order valence-corrected chi connectivity index (χ3v) is 9.84. The summed E-state index contributed by atoms with van der Waals surface area (Å²) in [6.07, 6.45) is 27.4. The highest BCUT2D eigenvalue weighted by molar-refractivity contribution is 6.12. The van der Waals surface area contributed by atoms with Crippen LogP contribution in [0.2, 0.25) is 0 Å². The van der Waals surface area contributed by atoms with Gasteiger partial charge in [0.05, 0.1) is 32.2 Å². The molecule has 0 aromatic carbocycles. The fourth-order valence-electron chi connectivity index (χ4n) is 5.82. The number of ether oxygens (including phenoxy) is 1. The number of halogens is 2. The van der Waals surface area contributed by atoms with Gasteiger partial charge in [0.25, 0.3) is 0 Å². The van der Waals surface area contributed by atoms with E-state index in [1.807, 2.05) is 13.0 Å². The predicted molar refractivity (Wildman–Crippen MR) is 248 cm³/mol. The number of piperidine rings is 1. The van der Waals surface area contributed by atoms with Gasteiger partial charge in [-0.1, -0.05) is 87.1 Å². The zero-order valence-electron chi connectivity index (χ0n) is 39.4. The fourth-order valence-corrected chi connectivity index (χ4v) is 5.82. The second-order valence-electron chi connectivity index (χ2n) is 16.6. The highest BCUT2D eigenvalue weighted by Crippen LogP contribution is 2.17. The topological polar surface area (TPSA) is 130 Å². The number of ketones is 2. The van der Waals surface area contributed by atoms with Crippen LogP contribution in [0.4, 0.5) is 13.6 Å². The van der Waals surface area contributed by atoms with Crippen molar-refractivity contribution in [3.05, 3.63) is 105 Å². The first-order valence-corrected chi connectivity index (χ1v) is 21.9. The normalized spacial score (nSPS) is 16.7. The van der Waals surface area contributed by atoms with Crippen molar-refractivity contribution >= 4 is 29.5 Å². The van der Waals surface area contributed by atoms with Gasteiger partial charge in [0.15, 0.2) is 17.8 Å². The van der Waals surface area contributed by atoms with Crippen LogP contribution in [0, 0.1) is 0 Å². The molecule has 0 saturated carbocycles. The maximum Gasteiger partial charge on any atom is 0.421 e. The molecular formula is C51H76F2N2O7. The molecule has 1 fully saturated rings. The van der Waals surface area contributed by atoms with E-state index in [1.165, 1.54) is 45.4 Å². The number of carbonyl (C=O) groups excluding carboxylic acids is 5. The van der Waals surface area contributed by atoms with Gasteiger partial charge in [-0.15, -0.1) is 0 Å². The molecule has 2 heterocycles. The molecule has 62 heavy (non-hydrogen) atoms. The molecule has 0 spiro atoms. The molecule has 11 heteroatoms. The SMILES string of the molecule is CC(C)=CCC/C(C)=C/CC/C(C)=C/CC/C(C)=C/CO.CC(C)=CCC/C(C)=C/CC/C(C)=C/CC/C(C)=C/COC(=O)N1C=C(F)C(=O)CC1=O.O=C1CC(=O)C(F)CN1. The molecule has 2 aliphatic rings. The van der Waals surface area contributed by atoms with E-state index in [4.69, 9.17) is 9.84 Å². The van der Waals surface area contributed by atoms with E-state index in [1.54, 1.807) is 6.08 Å². The number of amides is 3. The number of nitrogens with zero attached hydrogens (tertiary/aromatic N) is 1. The molecule has 2 aliphatic heterocycles. The Labute approximate surface area is 371 Å². The number of allylic oxidation sites excluding steroid dienone is 15. The van der Waals surface area contributed by atoms with E-state index in [9.17, 15) is 32.8 Å². The van der Waals surface area contributed by atoms with E-state index in [2.05, 4.69) is 104 Å². The molecule has 346 valence electrons. The van der Waals surface area contributed by atoms with Crippen molar-refractivity contribution in [1.82, 2.24) is 10.2 Å². The summed E-state index contributed by atoms with van der Waals surface area (Å²) in [6, 6.07) is 0. The summed E-state index contributed by atoms with van der Waals surface area (Å²) in [5.41, 5.74) is 10.9. The zero-order chi connectivity index (χ0) is 47.0. The minimum atomic E-state index is -1.48. The fraction of sp³-hybridized carbons (Fsp3) is 0.549. The number of aliphatic hydroxyl groups is 1. The molecule has 1 atom stereocenters. The average molecular weight is 867 g/mol. The Morgan fingerprint density at radius 3 is 1.40 bits per heavy atom. The van der Waals surface area contributed by atoms with Crippen LogP contribution in [0.5, 0.6) is 0 Å². The zero-order valence-corrected chi connectivity index (χ0v) is 39.4. The van der Waals surface area contributed by atoms with E-state index < -0.39 is 42.0 Å². The molecule has 0 aromatic rings. The number of alkyl halides is 1. The number of hydrogen-bond acceptors (Lipinski definition) is 7. The molecule has 9 nitrogen and oxygen atoms in total. The van der Waals surface area contributed by atoms with Crippen LogP contribution in [0.25, 0.3) is 0 Å². The van der Waals surface area contributed by atoms with Crippen LogP contribution >= 0.6 is 0 Å². The molecule has 2 N–H and O–H groups in total. The second-order valence-corrected chi connectivity index (χ2v) is 16.6. The highest BCUT2D eigenvalue weighted by Gasteiger charge is 2.31. The summed E-state index contributed by atoms with van der Waals surface area (Å²) in [5, 5.41) is 11.0. The summed E-state index contributed by atoms with van der Waals surface area (Å²) < 4.78 is 30.5. The lowest BCUT2D eigenvalue weighted by Gasteiger charge is -2.18. The Hall–Kier alpha value is -4.77. The number of aliphatic hydroxyl groups excluding tert-OH is 1. The van der Waals surface area contributed by atoms with Crippen LogP contribution in [-0.4, -0.2) is 65.4 Å². The summed E-state index contributed by atoms with van der Waals surface area (Å²) in [4.78, 5) is 55.8. The summed E-state index contributed by atoms with van der Waals surface area (Å²) in [7, 11) is 0. The number of Topliss-reactive ketones (excluding diaryl/α,β-unsaturated/α-hetero) is 2. The van der Waals surface area contributed by atoms with Gasteiger partial charge in [-0.25, -0.2) is 18.5 Å². The van der Waals surface area contributed by atoms with Gasteiger partial charge in [-0.3, -0.25) is 19.2 Å². The third kappa shape index (κ3) is 30.3.